The minimum absolute atomic E-state index is 0.0349. The summed E-state index contributed by atoms with van der Waals surface area (Å²) < 4.78 is 5.40. The summed E-state index contributed by atoms with van der Waals surface area (Å²) in [7, 11) is 0. The molecule has 2 atom stereocenters. The van der Waals surface area contributed by atoms with Crippen molar-refractivity contribution in [2.75, 3.05) is 19.1 Å². The number of rotatable bonds is 7. The van der Waals surface area contributed by atoms with Gasteiger partial charge in [0.25, 0.3) is 0 Å². The Morgan fingerprint density at radius 2 is 2.09 bits per heavy atom. The SMILES string of the molecule is C=CCC(=O)N1CCCC(C(OC(C)=O)C(SC)SC)C1=O. The Morgan fingerprint density at radius 1 is 1.45 bits per heavy atom. The molecule has 1 aliphatic rings. The molecule has 1 fully saturated rings. The van der Waals surface area contributed by atoms with Crippen molar-refractivity contribution < 1.29 is 19.1 Å². The second kappa shape index (κ2) is 9.25. The van der Waals surface area contributed by atoms with Gasteiger partial charge in [0.05, 0.1) is 10.5 Å². The standard InChI is InChI=1S/C15H23NO4S2/c1-5-7-12(18)16-9-6-8-11(14(16)19)13(20-10(2)17)15(21-3)22-4/h5,11,13,15H,1,6-9H2,2-4H3. The summed E-state index contributed by atoms with van der Waals surface area (Å²) in [6.45, 7) is 5.31. The maximum atomic E-state index is 12.7. The van der Waals surface area contributed by atoms with E-state index in [0.717, 1.165) is 6.42 Å². The molecule has 0 N–H and O–H groups in total. The summed E-state index contributed by atoms with van der Waals surface area (Å²) in [6, 6.07) is 0. The Labute approximate surface area is 140 Å². The van der Waals surface area contributed by atoms with Crippen LogP contribution in [0.25, 0.3) is 0 Å². The van der Waals surface area contributed by atoms with Gasteiger partial charge in [-0.05, 0) is 25.4 Å². The Kier molecular flexibility index (Phi) is 8.03. The molecule has 0 spiro atoms. The zero-order valence-electron chi connectivity index (χ0n) is 13.2. The van der Waals surface area contributed by atoms with E-state index in [-0.39, 0.29) is 22.8 Å². The van der Waals surface area contributed by atoms with E-state index in [1.807, 2.05) is 12.5 Å². The molecule has 1 rings (SSSR count). The van der Waals surface area contributed by atoms with Crippen molar-refractivity contribution in [2.45, 2.75) is 36.9 Å². The highest BCUT2D eigenvalue weighted by molar-refractivity contribution is 8.16. The number of esters is 1. The molecule has 2 unspecified atom stereocenters. The fraction of sp³-hybridized carbons (Fsp3) is 0.667. The molecule has 0 saturated carbocycles. The predicted molar refractivity (Wildman–Crippen MR) is 90.6 cm³/mol. The third kappa shape index (κ3) is 4.78. The summed E-state index contributed by atoms with van der Waals surface area (Å²) in [4.78, 5) is 37.4. The van der Waals surface area contributed by atoms with Crippen LogP contribution in [0.15, 0.2) is 12.7 Å². The van der Waals surface area contributed by atoms with Crippen molar-refractivity contribution in [1.82, 2.24) is 4.90 Å². The van der Waals surface area contributed by atoms with Crippen LogP contribution in [-0.4, -0.2) is 52.4 Å². The fourth-order valence-electron chi connectivity index (χ4n) is 2.57. The van der Waals surface area contributed by atoms with Crippen LogP contribution in [0.3, 0.4) is 0 Å². The number of thioether (sulfide) groups is 2. The van der Waals surface area contributed by atoms with Crippen LogP contribution in [0.1, 0.15) is 26.2 Å². The van der Waals surface area contributed by atoms with Crippen LogP contribution in [0.5, 0.6) is 0 Å². The first-order valence-electron chi connectivity index (χ1n) is 7.14. The van der Waals surface area contributed by atoms with E-state index in [2.05, 4.69) is 6.58 Å². The summed E-state index contributed by atoms with van der Waals surface area (Å²) in [5, 5.41) is 0. The lowest BCUT2D eigenvalue weighted by Gasteiger charge is -2.36. The third-order valence-corrected chi connectivity index (χ3v) is 6.15. The average molecular weight is 345 g/mol. The fourth-order valence-corrected chi connectivity index (χ4v) is 4.37. The van der Waals surface area contributed by atoms with Crippen LogP contribution in [-0.2, 0) is 19.1 Å². The molecule has 0 aromatic heterocycles. The van der Waals surface area contributed by atoms with Gasteiger partial charge in [0.2, 0.25) is 11.8 Å². The zero-order chi connectivity index (χ0) is 16.7. The number of hydrogen-bond acceptors (Lipinski definition) is 6. The molecule has 0 aromatic rings. The molecule has 0 radical (unpaired) electrons. The highest BCUT2D eigenvalue weighted by Gasteiger charge is 2.41. The first kappa shape index (κ1) is 19.1. The number of amides is 2. The number of hydrogen-bond donors (Lipinski definition) is 0. The highest BCUT2D eigenvalue weighted by Crippen LogP contribution is 2.34. The van der Waals surface area contributed by atoms with Crippen molar-refractivity contribution >= 4 is 41.3 Å². The normalized spacial score (nSPS) is 19.9. The van der Waals surface area contributed by atoms with Gasteiger partial charge in [-0.25, -0.2) is 0 Å². The van der Waals surface area contributed by atoms with Gasteiger partial charge in [0.1, 0.15) is 6.10 Å². The largest absolute Gasteiger partial charge is 0.460 e. The molecular weight excluding hydrogens is 322 g/mol. The van der Waals surface area contributed by atoms with E-state index in [0.29, 0.717) is 13.0 Å². The smallest absolute Gasteiger partial charge is 0.302 e. The Hall–Kier alpha value is -0.950. The van der Waals surface area contributed by atoms with E-state index in [9.17, 15) is 14.4 Å². The molecule has 1 saturated heterocycles. The van der Waals surface area contributed by atoms with Crippen molar-refractivity contribution in [1.29, 1.82) is 0 Å². The van der Waals surface area contributed by atoms with E-state index >= 15 is 0 Å². The van der Waals surface area contributed by atoms with Crippen LogP contribution in [0, 0.1) is 5.92 Å². The van der Waals surface area contributed by atoms with E-state index in [1.54, 1.807) is 23.5 Å². The Morgan fingerprint density at radius 3 is 2.59 bits per heavy atom. The summed E-state index contributed by atoms with van der Waals surface area (Å²) in [5.74, 6) is -1.34. The van der Waals surface area contributed by atoms with Crippen molar-refractivity contribution in [3.05, 3.63) is 12.7 Å². The topological polar surface area (TPSA) is 63.7 Å². The zero-order valence-corrected chi connectivity index (χ0v) is 14.9. The van der Waals surface area contributed by atoms with E-state index < -0.39 is 18.0 Å². The maximum Gasteiger partial charge on any atom is 0.302 e. The quantitative estimate of drug-likeness (QED) is 0.401. The maximum absolute atomic E-state index is 12.7. The molecule has 0 aliphatic carbocycles. The summed E-state index contributed by atoms with van der Waals surface area (Å²) >= 11 is 3.10. The number of carbonyl (C=O) groups is 3. The average Bonchev–Trinajstić information content (AvgIpc) is 2.47. The van der Waals surface area contributed by atoms with Crippen LogP contribution in [0.2, 0.25) is 0 Å². The Bertz CT molecular complexity index is 437. The van der Waals surface area contributed by atoms with E-state index in [4.69, 9.17) is 4.74 Å². The monoisotopic (exact) mass is 345 g/mol. The van der Waals surface area contributed by atoms with Crippen LogP contribution < -0.4 is 0 Å². The van der Waals surface area contributed by atoms with Crippen molar-refractivity contribution in [2.24, 2.45) is 5.92 Å². The van der Waals surface area contributed by atoms with Gasteiger partial charge in [-0.3, -0.25) is 19.3 Å². The molecule has 124 valence electrons. The summed E-state index contributed by atoms with van der Waals surface area (Å²) in [6.07, 6.45) is 6.32. The number of imide groups is 1. The number of likely N-dealkylation sites (tertiary alicyclic amines) is 1. The van der Waals surface area contributed by atoms with Crippen molar-refractivity contribution in [3.8, 4) is 0 Å². The minimum Gasteiger partial charge on any atom is -0.460 e. The molecule has 0 bridgehead atoms. The molecule has 0 aromatic carbocycles. The molecule has 5 nitrogen and oxygen atoms in total. The lowest BCUT2D eigenvalue weighted by molar-refractivity contribution is -0.158. The van der Waals surface area contributed by atoms with Crippen molar-refractivity contribution in [3.63, 3.8) is 0 Å². The number of piperidine rings is 1. The van der Waals surface area contributed by atoms with Gasteiger partial charge in [0, 0.05) is 19.9 Å². The Balaban J connectivity index is 2.97. The van der Waals surface area contributed by atoms with Gasteiger partial charge in [-0.1, -0.05) is 6.08 Å². The molecular formula is C15H23NO4S2. The van der Waals surface area contributed by atoms with Gasteiger partial charge in [0.15, 0.2) is 0 Å². The van der Waals surface area contributed by atoms with Gasteiger partial charge < -0.3 is 4.74 Å². The third-order valence-electron chi connectivity index (χ3n) is 3.53. The minimum atomic E-state index is -0.519. The number of ether oxygens (including phenoxy) is 1. The molecule has 1 aliphatic heterocycles. The van der Waals surface area contributed by atoms with Gasteiger partial charge >= 0.3 is 5.97 Å². The lowest BCUT2D eigenvalue weighted by Crippen LogP contribution is -2.51. The summed E-state index contributed by atoms with van der Waals surface area (Å²) in [5.41, 5.74) is 0. The predicted octanol–water partition coefficient (Wildman–Crippen LogP) is 2.31. The van der Waals surface area contributed by atoms with Crippen LogP contribution >= 0.6 is 23.5 Å². The lowest BCUT2D eigenvalue weighted by atomic mass is 9.91. The first-order valence-corrected chi connectivity index (χ1v) is 9.71. The van der Waals surface area contributed by atoms with E-state index in [1.165, 1.54) is 17.9 Å². The van der Waals surface area contributed by atoms with Gasteiger partial charge in [-0.2, -0.15) is 0 Å². The molecule has 2 amide bonds. The number of carbonyl (C=O) groups excluding carboxylic acids is 3. The molecule has 7 heteroatoms. The second-order valence-electron chi connectivity index (χ2n) is 5.04. The molecule has 22 heavy (non-hydrogen) atoms. The first-order chi connectivity index (χ1) is 10.5. The second-order valence-corrected chi connectivity index (χ2v) is 7.30. The number of nitrogens with zero attached hydrogens (tertiary/aromatic N) is 1. The van der Waals surface area contributed by atoms with Crippen LogP contribution in [0.4, 0.5) is 0 Å². The highest BCUT2D eigenvalue weighted by atomic mass is 32.2. The van der Waals surface area contributed by atoms with Gasteiger partial charge in [-0.15, -0.1) is 30.1 Å². The molecule has 1 heterocycles.